The first-order valence-electron chi connectivity index (χ1n) is 8.21. The van der Waals surface area contributed by atoms with Crippen LogP contribution in [0.5, 0.6) is 11.5 Å². The molecular formula is C18H14N2O5S2. The topological polar surface area (TPSA) is 91.6 Å². The van der Waals surface area contributed by atoms with Gasteiger partial charge >= 0.3 is 0 Å². The summed E-state index contributed by atoms with van der Waals surface area (Å²) in [6.45, 7) is 1.17. The molecule has 138 valence electrons. The third-order valence-corrected chi connectivity index (χ3v) is 6.12. The number of benzene rings is 2. The van der Waals surface area contributed by atoms with Crippen LogP contribution in [0.2, 0.25) is 0 Å². The van der Waals surface area contributed by atoms with Crippen molar-refractivity contribution >= 4 is 44.8 Å². The Bertz CT molecular complexity index is 1030. The zero-order chi connectivity index (χ0) is 18.8. The Balaban J connectivity index is 1.47. The highest BCUT2D eigenvalue weighted by atomic mass is 32.2. The minimum Gasteiger partial charge on any atom is -0.490 e. The number of hydrogen-bond donors (Lipinski definition) is 0. The lowest BCUT2D eigenvalue weighted by molar-refractivity contribution is -0.384. The van der Waals surface area contributed by atoms with E-state index in [0.717, 1.165) is 11.1 Å². The number of ketones is 1. The van der Waals surface area contributed by atoms with E-state index in [1.807, 2.05) is 0 Å². The number of Topliss-reactive ketones (excluding diaryl/α,β-unsaturated/α-hetero) is 1. The molecule has 1 aromatic heterocycles. The number of nitrogens with zero attached hydrogens (tertiary/aromatic N) is 2. The van der Waals surface area contributed by atoms with Crippen LogP contribution in [0.4, 0.5) is 5.69 Å². The van der Waals surface area contributed by atoms with E-state index >= 15 is 0 Å². The Morgan fingerprint density at radius 2 is 2.00 bits per heavy atom. The molecule has 2 heterocycles. The number of rotatable bonds is 5. The van der Waals surface area contributed by atoms with E-state index in [1.165, 1.54) is 35.2 Å². The average molecular weight is 402 g/mol. The number of thioether (sulfide) groups is 1. The Hall–Kier alpha value is -2.65. The number of nitro benzene ring substituents is 1. The minimum absolute atomic E-state index is 0.0333. The summed E-state index contributed by atoms with van der Waals surface area (Å²) in [4.78, 5) is 27.4. The summed E-state index contributed by atoms with van der Waals surface area (Å²) in [6.07, 6.45) is 0.809. The summed E-state index contributed by atoms with van der Waals surface area (Å²) in [5, 5.41) is 10.9. The Morgan fingerprint density at radius 3 is 2.81 bits per heavy atom. The quantitative estimate of drug-likeness (QED) is 0.271. The summed E-state index contributed by atoms with van der Waals surface area (Å²) in [7, 11) is 0. The van der Waals surface area contributed by atoms with Gasteiger partial charge in [0.15, 0.2) is 21.6 Å². The van der Waals surface area contributed by atoms with E-state index in [1.54, 1.807) is 24.3 Å². The first kappa shape index (κ1) is 17.7. The maximum absolute atomic E-state index is 12.5. The second-order valence-corrected chi connectivity index (χ2v) is 8.07. The normalized spacial score (nSPS) is 13.3. The van der Waals surface area contributed by atoms with Crippen LogP contribution in [0.15, 0.2) is 40.7 Å². The van der Waals surface area contributed by atoms with Crippen LogP contribution < -0.4 is 9.47 Å². The lowest BCUT2D eigenvalue weighted by Gasteiger charge is -2.08. The highest BCUT2D eigenvalue weighted by Crippen LogP contribution is 2.33. The Morgan fingerprint density at radius 1 is 1.19 bits per heavy atom. The van der Waals surface area contributed by atoms with Crippen molar-refractivity contribution in [2.45, 2.75) is 10.8 Å². The van der Waals surface area contributed by atoms with Gasteiger partial charge in [-0.3, -0.25) is 14.9 Å². The standard InChI is InChI=1S/C18H14N2O5S2/c21-14(11-2-5-15-16(8-11)25-7-1-6-24-15)10-26-18-19-13-4-3-12(20(22)23)9-17(13)27-18/h2-5,8-9H,1,6-7,10H2. The molecule has 0 bridgehead atoms. The number of ether oxygens (including phenoxy) is 2. The second-order valence-electron chi connectivity index (χ2n) is 5.81. The van der Waals surface area contributed by atoms with Gasteiger partial charge in [0.05, 0.1) is 34.1 Å². The van der Waals surface area contributed by atoms with Crippen LogP contribution in [-0.4, -0.2) is 34.7 Å². The van der Waals surface area contributed by atoms with Gasteiger partial charge in [-0.2, -0.15) is 0 Å². The fraction of sp³-hybridized carbons (Fsp3) is 0.222. The van der Waals surface area contributed by atoms with Crippen LogP contribution in [-0.2, 0) is 0 Å². The molecule has 1 aliphatic rings. The predicted molar refractivity (Wildman–Crippen MR) is 103 cm³/mol. The van der Waals surface area contributed by atoms with E-state index < -0.39 is 4.92 Å². The molecule has 0 atom stereocenters. The molecule has 4 rings (SSSR count). The number of carbonyl (C=O) groups is 1. The van der Waals surface area contributed by atoms with Gasteiger partial charge in [-0.05, 0) is 24.3 Å². The lowest BCUT2D eigenvalue weighted by atomic mass is 10.1. The van der Waals surface area contributed by atoms with E-state index in [4.69, 9.17) is 9.47 Å². The zero-order valence-corrected chi connectivity index (χ0v) is 15.7. The summed E-state index contributed by atoms with van der Waals surface area (Å²) < 4.78 is 12.6. The molecule has 3 aromatic rings. The Labute approximate surface area is 162 Å². The molecular weight excluding hydrogens is 388 g/mol. The number of nitro groups is 1. The van der Waals surface area contributed by atoms with E-state index in [0.29, 0.717) is 40.1 Å². The average Bonchev–Trinajstić information content (AvgIpc) is 2.93. The lowest BCUT2D eigenvalue weighted by Crippen LogP contribution is -2.03. The van der Waals surface area contributed by atoms with Gasteiger partial charge in [0, 0.05) is 24.1 Å². The van der Waals surface area contributed by atoms with Crippen LogP contribution in [0.3, 0.4) is 0 Å². The van der Waals surface area contributed by atoms with Gasteiger partial charge in [-0.15, -0.1) is 11.3 Å². The molecule has 27 heavy (non-hydrogen) atoms. The van der Waals surface area contributed by atoms with Crippen LogP contribution in [0.1, 0.15) is 16.8 Å². The van der Waals surface area contributed by atoms with Gasteiger partial charge in [0.1, 0.15) is 0 Å². The summed E-state index contributed by atoms with van der Waals surface area (Å²) in [5.74, 6) is 1.43. The van der Waals surface area contributed by atoms with Crippen molar-refractivity contribution in [3.05, 3.63) is 52.1 Å². The highest BCUT2D eigenvalue weighted by molar-refractivity contribution is 8.01. The van der Waals surface area contributed by atoms with Crippen LogP contribution in [0, 0.1) is 10.1 Å². The third-order valence-electron chi connectivity index (χ3n) is 3.96. The monoisotopic (exact) mass is 402 g/mol. The summed E-state index contributed by atoms with van der Waals surface area (Å²) in [6, 6.07) is 9.76. The van der Waals surface area contributed by atoms with Crippen molar-refractivity contribution in [2.75, 3.05) is 19.0 Å². The molecule has 2 aromatic carbocycles. The molecule has 7 nitrogen and oxygen atoms in total. The van der Waals surface area contributed by atoms with Crippen molar-refractivity contribution in [1.29, 1.82) is 0 Å². The minimum atomic E-state index is -0.431. The van der Waals surface area contributed by atoms with Crippen molar-refractivity contribution in [1.82, 2.24) is 4.98 Å². The van der Waals surface area contributed by atoms with Gasteiger partial charge in [0.25, 0.3) is 5.69 Å². The van der Waals surface area contributed by atoms with Crippen molar-refractivity contribution in [2.24, 2.45) is 0 Å². The summed E-state index contributed by atoms with van der Waals surface area (Å²) >= 11 is 2.66. The highest BCUT2D eigenvalue weighted by Gasteiger charge is 2.16. The van der Waals surface area contributed by atoms with Gasteiger partial charge in [-0.1, -0.05) is 11.8 Å². The number of non-ortho nitro benzene ring substituents is 1. The fourth-order valence-corrected chi connectivity index (χ4v) is 4.61. The molecule has 0 radical (unpaired) electrons. The number of thiazole rings is 1. The molecule has 0 N–H and O–H groups in total. The Kier molecular flexibility index (Phi) is 4.95. The van der Waals surface area contributed by atoms with Crippen molar-refractivity contribution in [3.63, 3.8) is 0 Å². The number of aromatic nitrogens is 1. The number of hydrogen-bond acceptors (Lipinski definition) is 8. The molecule has 9 heteroatoms. The first-order chi connectivity index (χ1) is 13.1. The maximum atomic E-state index is 12.5. The van der Waals surface area contributed by atoms with E-state index in [-0.39, 0.29) is 17.2 Å². The smallest absolute Gasteiger partial charge is 0.270 e. The predicted octanol–water partition coefficient (Wildman–Crippen LogP) is 4.34. The second kappa shape index (κ2) is 7.53. The molecule has 0 aliphatic carbocycles. The molecule has 0 fully saturated rings. The maximum Gasteiger partial charge on any atom is 0.270 e. The number of fused-ring (bicyclic) bond motifs is 2. The zero-order valence-electron chi connectivity index (χ0n) is 14.0. The van der Waals surface area contributed by atoms with Crippen molar-refractivity contribution < 1.29 is 19.2 Å². The molecule has 0 saturated heterocycles. The van der Waals surface area contributed by atoms with Gasteiger partial charge in [-0.25, -0.2) is 4.98 Å². The molecule has 0 saturated carbocycles. The van der Waals surface area contributed by atoms with Gasteiger partial charge < -0.3 is 9.47 Å². The summed E-state index contributed by atoms with van der Waals surface area (Å²) in [5.41, 5.74) is 1.28. The van der Waals surface area contributed by atoms with Crippen LogP contribution in [0.25, 0.3) is 10.2 Å². The molecule has 0 spiro atoms. The van der Waals surface area contributed by atoms with Gasteiger partial charge in [0.2, 0.25) is 0 Å². The molecule has 0 amide bonds. The van der Waals surface area contributed by atoms with Crippen LogP contribution >= 0.6 is 23.1 Å². The molecule has 0 unspecified atom stereocenters. The van der Waals surface area contributed by atoms with E-state index in [2.05, 4.69) is 4.98 Å². The van der Waals surface area contributed by atoms with E-state index in [9.17, 15) is 14.9 Å². The first-order valence-corrected chi connectivity index (χ1v) is 10.0. The fourth-order valence-electron chi connectivity index (χ4n) is 2.61. The number of carbonyl (C=O) groups excluding carboxylic acids is 1. The SMILES string of the molecule is O=C(CSc1nc2ccc([N+](=O)[O-])cc2s1)c1ccc2c(c1)OCCCO2. The van der Waals surface area contributed by atoms with Crippen molar-refractivity contribution in [3.8, 4) is 11.5 Å². The largest absolute Gasteiger partial charge is 0.490 e. The third kappa shape index (κ3) is 3.88. The molecule has 1 aliphatic heterocycles.